The Balaban J connectivity index is 1.33. The number of halogens is 2. The fourth-order valence-corrected chi connectivity index (χ4v) is 4.00. The van der Waals surface area contributed by atoms with E-state index in [0.717, 1.165) is 0 Å². The van der Waals surface area contributed by atoms with E-state index in [2.05, 4.69) is 15.5 Å². The first-order valence-electron chi connectivity index (χ1n) is 9.23. The molecule has 0 radical (unpaired) electrons. The van der Waals surface area contributed by atoms with Gasteiger partial charge in [-0.05, 0) is 25.8 Å². The number of carbonyl (C=O) groups excluding carboxylic acids is 2. The normalized spacial score (nSPS) is 15.1. The van der Waals surface area contributed by atoms with E-state index in [9.17, 15) is 9.59 Å². The Morgan fingerprint density at radius 1 is 1.24 bits per heavy atom. The second kappa shape index (κ2) is 8.04. The highest BCUT2D eigenvalue weighted by Gasteiger charge is 2.28. The molecule has 8 nitrogen and oxygen atoms in total. The number of piperidine rings is 1. The highest BCUT2D eigenvalue weighted by Crippen LogP contribution is 2.23. The Morgan fingerprint density at radius 2 is 2.00 bits per heavy atom. The first kappa shape index (κ1) is 19.7. The molecule has 3 aromatic heterocycles. The van der Waals surface area contributed by atoms with E-state index in [4.69, 9.17) is 27.7 Å². The minimum atomic E-state index is -0.160. The molecule has 1 N–H and O–H groups in total. The number of carbonyl (C=O) groups is 2. The van der Waals surface area contributed by atoms with Crippen LogP contribution in [0, 0.1) is 12.8 Å². The van der Waals surface area contributed by atoms with Crippen molar-refractivity contribution in [2.75, 3.05) is 18.4 Å². The molecule has 1 aliphatic heterocycles. The number of hydrogen-bond acceptors (Lipinski definition) is 5. The Morgan fingerprint density at radius 3 is 2.69 bits per heavy atom. The summed E-state index contributed by atoms with van der Waals surface area (Å²) in [7, 11) is 0. The molecule has 0 spiro atoms. The van der Waals surface area contributed by atoms with E-state index in [-0.39, 0.29) is 24.2 Å². The number of rotatable bonds is 4. The summed E-state index contributed by atoms with van der Waals surface area (Å²) in [6.45, 7) is 2.81. The summed E-state index contributed by atoms with van der Waals surface area (Å²) in [6.07, 6.45) is 4.82. The molecule has 1 saturated heterocycles. The highest BCUT2D eigenvalue weighted by atomic mass is 35.5. The van der Waals surface area contributed by atoms with Gasteiger partial charge >= 0.3 is 0 Å². The van der Waals surface area contributed by atoms with Crippen LogP contribution in [0.3, 0.4) is 0 Å². The molecule has 0 unspecified atom stereocenters. The average molecular weight is 436 g/mol. The molecule has 4 rings (SSSR count). The molecule has 10 heteroatoms. The number of fused-ring (bicyclic) bond motifs is 1. The first-order chi connectivity index (χ1) is 13.9. The van der Waals surface area contributed by atoms with Gasteiger partial charge in [-0.1, -0.05) is 28.4 Å². The van der Waals surface area contributed by atoms with Crippen molar-refractivity contribution < 1.29 is 14.1 Å². The van der Waals surface area contributed by atoms with Gasteiger partial charge in [0, 0.05) is 37.5 Å². The monoisotopic (exact) mass is 435 g/mol. The highest BCUT2D eigenvalue weighted by molar-refractivity contribution is 6.36. The SMILES string of the molecule is Cc1cc(NC(=O)C2CCN(C(=O)Cc3cn4cc(Cl)cc(Cl)c4n3)CC2)no1. The molecular formula is C19H19Cl2N5O3. The second-order valence-electron chi connectivity index (χ2n) is 7.11. The van der Waals surface area contributed by atoms with Crippen LogP contribution in [0.1, 0.15) is 24.3 Å². The Labute approximate surface area is 176 Å². The Kier molecular flexibility index (Phi) is 5.47. The molecule has 0 atom stereocenters. The molecule has 0 saturated carbocycles. The van der Waals surface area contributed by atoms with Gasteiger partial charge < -0.3 is 19.1 Å². The predicted molar refractivity (Wildman–Crippen MR) is 108 cm³/mol. The van der Waals surface area contributed by atoms with Gasteiger partial charge in [0.25, 0.3) is 0 Å². The standard InChI is InChI=1S/C19H19Cl2N5O3/c1-11-6-16(24-29-11)23-19(28)12-2-4-25(5-3-12)17(27)8-14-10-26-9-13(20)7-15(21)18(26)22-14/h6-7,9-10,12H,2-5,8H2,1H3,(H,23,24,28). The zero-order chi connectivity index (χ0) is 20.5. The van der Waals surface area contributed by atoms with Crippen molar-refractivity contribution in [1.29, 1.82) is 0 Å². The molecule has 1 fully saturated rings. The Bertz CT molecular complexity index is 1070. The van der Waals surface area contributed by atoms with Crippen LogP contribution >= 0.6 is 23.2 Å². The summed E-state index contributed by atoms with van der Waals surface area (Å²) in [5, 5.41) is 7.46. The molecule has 0 aromatic carbocycles. The maximum absolute atomic E-state index is 12.7. The molecule has 2 amide bonds. The molecule has 4 heterocycles. The topological polar surface area (TPSA) is 92.7 Å². The number of nitrogens with zero attached hydrogens (tertiary/aromatic N) is 4. The number of amides is 2. The minimum Gasteiger partial charge on any atom is -0.360 e. The van der Waals surface area contributed by atoms with Crippen LogP contribution in [0.25, 0.3) is 5.65 Å². The van der Waals surface area contributed by atoms with Crippen LogP contribution < -0.4 is 5.32 Å². The fraction of sp³-hybridized carbons (Fsp3) is 0.368. The number of hydrogen-bond donors (Lipinski definition) is 1. The minimum absolute atomic E-state index is 0.0263. The summed E-state index contributed by atoms with van der Waals surface area (Å²) in [4.78, 5) is 31.2. The van der Waals surface area contributed by atoms with Crippen molar-refractivity contribution in [3.63, 3.8) is 0 Å². The van der Waals surface area contributed by atoms with E-state index in [0.29, 0.717) is 58.9 Å². The van der Waals surface area contributed by atoms with Crippen molar-refractivity contribution in [2.45, 2.75) is 26.2 Å². The van der Waals surface area contributed by atoms with E-state index >= 15 is 0 Å². The van der Waals surface area contributed by atoms with Gasteiger partial charge in [0.05, 0.1) is 22.2 Å². The lowest BCUT2D eigenvalue weighted by molar-refractivity contribution is -0.133. The maximum Gasteiger partial charge on any atom is 0.228 e. The molecule has 29 heavy (non-hydrogen) atoms. The van der Waals surface area contributed by atoms with Crippen LogP contribution in [-0.2, 0) is 16.0 Å². The lowest BCUT2D eigenvalue weighted by Crippen LogP contribution is -2.42. The third kappa shape index (κ3) is 4.38. The lowest BCUT2D eigenvalue weighted by atomic mass is 9.95. The van der Waals surface area contributed by atoms with Crippen LogP contribution in [0.5, 0.6) is 0 Å². The van der Waals surface area contributed by atoms with Gasteiger partial charge in [-0.3, -0.25) is 9.59 Å². The smallest absolute Gasteiger partial charge is 0.228 e. The van der Waals surface area contributed by atoms with E-state index < -0.39 is 0 Å². The molecule has 3 aromatic rings. The van der Waals surface area contributed by atoms with Gasteiger partial charge in [-0.15, -0.1) is 0 Å². The number of aryl methyl sites for hydroxylation is 1. The largest absolute Gasteiger partial charge is 0.360 e. The van der Waals surface area contributed by atoms with Gasteiger partial charge in [-0.25, -0.2) is 4.98 Å². The number of pyridine rings is 1. The van der Waals surface area contributed by atoms with Crippen molar-refractivity contribution >= 4 is 46.5 Å². The fourth-order valence-electron chi connectivity index (χ4n) is 3.47. The average Bonchev–Trinajstić information content (AvgIpc) is 3.27. The maximum atomic E-state index is 12.7. The van der Waals surface area contributed by atoms with Gasteiger partial charge in [0.1, 0.15) is 5.76 Å². The molecule has 1 aliphatic rings. The van der Waals surface area contributed by atoms with E-state index in [1.165, 1.54) is 0 Å². The number of nitrogens with one attached hydrogen (secondary N) is 1. The molecule has 152 valence electrons. The number of likely N-dealkylation sites (tertiary alicyclic amines) is 1. The summed E-state index contributed by atoms with van der Waals surface area (Å²) >= 11 is 12.2. The van der Waals surface area contributed by atoms with Crippen molar-refractivity contribution in [3.05, 3.63) is 46.0 Å². The zero-order valence-electron chi connectivity index (χ0n) is 15.7. The lowest BCUT2D eigenvalue weighted by Gasteiger charge is -2.31. The number of anilines is 1. The quantitative estimate of drug-likeness (QED) is 0.677. The third-order valence-electron chi connectivity index (χ3n) is 4.95. The van der Waals surface area contributed by atoms with Crippen molar-refractivity contribution in [1.82, 2.24) is 19.4 Å². The van der Waals surface area contributed by atoms with Crippen molar-refractivity contribution in [2.24, 2.45) is 5.92 Å². The molecule has 0 bridgehead atoms. The zero-order valence-corrected chi connectivity index (χ0v) is 17.2. The summed E-state index contributed by atoms with van der Waals surface area (Å²) in [6, 6.07) is 3.29. The predicted octanol–water partition coefficient (Wildman–Crippen LogP) is 3.36. The van der Waals surface area contributed by atoms with Gasteiger partial charge in [0.2, 0.25) is 11.8 Å². The van der Waals surface area contributed by atoms with Gasteiger partial charge in [-0.2, -0.15) is 0 Å². The molecule has 0 aliphatic carbocycles. The number of aromatic nitrogens is 3. The summed E-state index contributed by atoms with van der Waals surface area (Å²) in [5.41, 5.74) is 1.19. The molecular weight excluding hydrogens is 417 g/mol. The van der Waals surface area contributed by atoms with E-state index in [1.54, 1.807) is 40.8 Å². The summed E-state index contributed by atoms with van der Waals surface area (Å²) in [5.74, 6) is 0.763. The second-order valence-corrected chi connectivity index (χ2v) is 7.96. The van der Waals surface area contributed by atoms with Gasteiger partial charge in [0.15, 0.2) is 11.5 Å². The Hall–Kier alpha value is -2.58. The van der Waals surface area contributed by atoms with Crippen LogP contribution in [-0.4, -0.2) is 44.3 Å². The number of imidazole rings is 1. The van der Waals surface area contributed by atoms with Crippen molar-refractivity contribution in [3.8, 4) is 0 Å². The van der Waals surface area contributed by atoms with Crippen LogP contribution in [0.2, 0.25) is 10.0 Å². The van der Waals surface area contributed by atoms with E-state index in [1.807, 2.05) is 0 Å². The van der Waals surface area contributed by atoms with Crippen LogP contribution in [0.4, 0.5) is 5.82 Å². The third-order valence-corrected chi connectivity index (χ3v) is 5.44. The van der Waals surface area contributed by atoms with Crippen LogP contribution in [0.15, 0.2) is 29.0 Å². The first-order valence-corrected chi connectivity index (χ1v) is 9.99. The summed E-state index contributed by atoms with van der Waals surface area (Å²) < 4.78 is 6.67.